The minimum absolute atomic E-state index is 0.572. The van der Waals surface area contributed by atoms with Crippen LogP contribution in [0.4, 0.5) is 0 Å². The summed E-state index contributed by atoms with van der Waals surface area (Å²) in [4.78, 5) is 5.80. The Balaban J connectivity index is 1.87. The van der Waals surface area contributed by atoms with Gasteiger partial charge in [-0.1, -0.05) is 83.5 Å². The summed E-state index contributed by atoms with van der Waals surface area (Å²) in [6.45, 7) is 0. The van der Waals surface area contributed by atoms with E-state index < -0.39 is 0 Å². The molecule has 0 saturated carbocycles. The molecule has 3 aromatic carbocycles. The van der Waals surface area contributed by atoms with Crippen LogP contribution in [-0.2, 0) is 0 Å². The molecule has 1 nitrogen and oxygen atoms in total. The van der Waals surface area contributed by atoms with Gasteiger partial charge in [-0.2, -0.15) is 0 Å². The Morgan fingerprint density at radius 1 is 0.750 bits per heavy atom. The van der Waals surface area contributed by atoms with E-state index in [0.29, 0.717) is 10.0 Å². The van der Waals surface area contributed by atoms with E-state index in [0.717, 1.165) is 21.7 Å². The molecule has 1 N–H and O–H groups in total. The zero-order valence-electron chi connectivity index (χ0n) is 12.6. The van der Waals surface area contributed by atoms with E-state index in [1.54, 1.807) is 11.8 Å². The Morgan fingerprint density at radius 3 is 2.29 bits per heavy atom. The number of H-pyrrole nitrogens is 1. The maximum Gasteiger partial charge on any atom is 0.0606 e. The summed E-state index contributed by atoms with van der Waals surface area (Å²) in [6, 6.07) is 24.4. The Hall–Kier alpha value is -1.87. The second-order valence-corrected chi connectivity index (χ2v) is 7.32. The number of halogens is 2. The minimum atomic E-state index is 0.572. The summed E-state index contributed by atoms with van der Waals surface area (Å²) in [5.41, 5.74) is 3.41. The van der Waals surface area contributed by atoms with E-state index in [2.05, 4.69) is 47.4 Å². The van der Waals surface area contributed by atoms with Gasteiger partial charge in [0, 0.05) is 20.7 Å². The van der Waals surface area contributed by atoms with E-state index in [1.165, 1.54) is 10.3 Å². The third-order valence-corrected chi connectivity index (χ3v) is 5.69. The Bertz CT molecular complexity index is 1010. The van der Waals surface area contributed by atoms with Crippen LogP contribution in [0.15, 0.2) is 82.6 Å². The standard InChI is InChI=1S/C20H13Cl2NS/c21-16-11-10-14(12-17(16)22)24-20-15-8-4-5-9-18(15)23-19(20)13-6-2-1-3-7-13/h1-12,23H. The first kappa shape index (κ1) is 15.6. The van der Waals surface area contributed by atoms with Gasteiger partial charge in [0.2, 0.25) is 0 Å². The lowest BCUT2D eigenvalue weighted by atomic mass is 10.1. The average Bonchev–Trinajstić information content (AvgIpc) is 2.98. The summed E-state index contributed by atoms with van der Waals surface area (Å²) in [5, 5.41) is 2.35. The molecule has 118 valence electrons. The molecule has 0 unspecified atom stereocenters. The molecule has 0 fully saturated rings. The molecule has 0 bridgehead atoms. The monoisotopic (exact) mass is 369 g/mol. The second-order valence-electron chi connectivity index (χ2n) is 5.42. The molecule has 4 aromatic rings. The normalized spacial score (nSPS) is 11.1. The van der Waals surface area contributed by atoms with Crippen molar-refractivity contribution in [2.24, 2.45) is 0 Å². The maximum absolute atomic E-state index is 6.18. The predicted octanol–water partition coefficient (Wildman–Crippen LogP) is 7.29. The van der Waals surface area contributed by atoms with E-state index in [9.17, 15) is 0 Å². The smallest absolute Gasteiger partial charge is 0.0606 e. The molecule has 1 aromatic heterocycles. The highest BCUT2D eigenvalue weighted by atomic mass is 35.5. The third-order valence-electron chi connectivity index (χ3n) is 3.83. The summed E-state index contributed by atoms with van der Waals surface area (Å²) in [5.74, 6) is 0. The van der Waals surface area contributed by atoms with Crippen molar-refractivity contribution in [3.05, 3.63) is 82.8 Å². The van der Waals surface area contributed by atoms with Gasteiger partial charge in [0.05, 0.1) is 15.7 Å². The molecule has 0 aliphatic heterocycles. The minimum Gasteiger partial charge on any atom is -0.354 e. The number of rotatable bonds is 3. The number of fused-ring (bicyclic) bond motifs is 1. The van der Waals surface area contributed by atoms with Crippen molar-refractivity contribution in [3.63, 3.8) is 0 Å². The van der Waals surface area contributed by atoms with Crippen molar-refractivity contribution in [1.82, 2.24) is 4.98 Å². The van der Waals surface area contributed by atoms with Gasteiger partial charge in [0.25, 0.3) is 0 Å². The number of benzene rings is 3. The molecule has 0 saturated heterocycles. The number of hydrogen-bond donors (Lipinski definition) is 1. The van der Waals surface area contributed by atoms with Crippen LogP contribution in [0.25, 0.3) is 22.2 Å². The van der Waals surface area contributed by atoms with Gasteiger partial charge in [-0.15, -0.1) is 0 Å². The molecule has 24 heavy (non-hydrogen) atoms. The van der Waals surface area contributed by atoms with Crippen LogP contribution in [0.2, 0.25) is 10.0 Å². The third kappa shape index (κ3) is 2.93. The van der Waals surface area contributed by atoms with Crippen molar-refractivity contribution < 1.29 is 0 Å². The Kier molecular flexibility index (Phi) is 4.28. The first-order valence-electron chi connectivity index (χ1n) is 7.51. The fourth-order valence-corrected chi connectivity index (χ4v) is 4.16. The van der Waals surface area contributed by atoms with Gasteiger partial charge >= 0.3 is 0 Å². The number of aromatic nitrogens is 1. The van der Waals surface area contributed by atoms with Gasteiger partial charge in [0.1, 0.15) is 0 Å². The van der Waals surface area contributed by atoms with E-state index >= 15 is 0 Å². The number of nitrogens with one attached hydrogen (secondary N) is 1. The van der Waals surface area contributed by atoms with Gasteiger partial charge < -0.3 is 4.98 Å². The molecular weight excluding hydrogens is 357 g/mol. The topological polar surface area (TPSA) is 15.8 Å². The Morgan fingerprint density at radius 2 is 1.50 bits per heavy atom. The summed E-state index contributed by atoms with van der Waals surface area (Å²) in [7, 11) is 0. The van der Waals surface area contributed by atoms with E-state index in [-0.39, 0.29) is 0 Å². The number of para-hydroxylation sites is 1. The first-order valence-corrected chi connectivity index (χ1v) is 9.08. The zero-order valence-corrected chi connectivity index (χ0v) is 14.9. The van der Waals surface area contributed by atoms with Gasteiger partial charge in [-0.3, -0.25) is 0 Å². The molecule has 0 atom stereocenters. The predicted molar refractivity (Wildman–Crippen MR) is 104 cm³/mol. The summed E-state index contributed by atoms with van der Waals surface area (Å²) < 4.78 is 0. The molecule has 4 rings (SSSR count). The molecule has 0 aliphatic carbocycles. The van der Waals surface area contributed by atoms with E-state index in [4.69, 9.17) is 23.2 Å². The molecule has 0 amide bonds. The molecule has 0 aliphatic rings. The first-order chi connectivity index (χ1) is 11.7. The van der Waals surface area contributed by atoms with Crippen molar-refractivity contribution in [3.8, 4) is 11.3 Å². The summed E-state index contributed by atoms with van der Waals surface area (Å²) >= 11 is 13.9. The molecule has 1 heterocycles. The van der Waals surface area contributed by atoms with Crippen LogP contribution >= 0.6 is 35.0 Å². The van der Waals surface area contributed by atoms with Crippen LogP contribution in [0.5, 0.6) is 0 Å². The quantitative estimate of drug-likeness (QED) is 0.400. The molecular formula is C20H13Cl2NS. The second kappa shape index (κ2) is 6.56. The number of hydrogen-bond acceptors (Lipinski definition) is 1. The van der Waals surface area contributed by atoms with E-state index in [1.807, 2.05) is 30.3 Å². The van der Waals surface area contributed by atoms with Crippen LogP contribution in [-0.4, -0.2) is 4.98 Å². The van der Waals surface area contributed by atoms with Crippen LogP contribution in [0.3, 0.4) is 0 Å². The highest BCUT2D eigenvalue weighted by Gasteiger charge is 2.14. The molecule has 0 spiro atoms. The lowest BCUT2D eigenvalue weighted by Gasteiger charge is -2.06. The fourth-order valence-electron chi connectivity index (χ4n) is 2.69. The lowest BCUT2D eigenvalue weighted by Crippen LogP contribution is -1.80. The van der Waals surface area contributed by atoms with Crippen molar-refractivity contribution in [2.45, 2.75) is 9.79 Å². The van der Waals surface area contributed by atoms with Gasteiger partial charge in [0.15, 0.2) is 0 Å². The van der Waals surface area contributed by atoms with Crippen molar-refractivity contribution in [1.29, 1.82) is 0 Å². The largest absolute Gasteiger partial charge is 0.354 e. The lowest BCUT2D eigenvalue weighted by molar-refractivity contribution is 1.38. The average molecular weight is 370 g/mol. The van der Waals surface area contributed by atoms with Crippen LogP contribution in [0.1, 0.15) is 0 Å². The summed E-state index contributed by atoms with van der Waals surface area (Å²) in [6.07, 6.45) is 0. The number of aromatic amines is 1. The maximum atomic E-state index is 6.18. The van der Waals surface area contributed by atoms with Crippen molar-refractivity contribution in [2.75, 3.05) is 0 Å². The zero-order chi connectivity index (χ0) is 16.5. The fraction of sp³-hybridized carbons (Fsp3) is 0. The molecule has 0 radical (unpaired) electrons. The van der Waals surface area contributed by atoms with Crippen molar-refractivity contribution >= 4 is 45.9 Å². The van der Waals surface area contributed by atoms with Crippen LogP contribution < -0.4 is 0 Å². The SMILES string of the molecule is Clc1ccc(Sc2c(-c3ccccc3)[nH]c3ccccc23)cc1Cl. The van der Waals surface area contributed by atoms with Gasteiger partial charge in [-0.05, 0) is 29.8 Å². The Labute approximate surface area is 154 Å². The highest BCUT2D eigenvalue weighted by molar-refractivity contribution is 7.99. The molecule has 4 heteroatoms. The van der Waals surface area contributed by atoms with Crippen LogP contribution in [0, 0.1) is 0 Å². The highest BCUT2D eigenvalue weighted by Crippen LogP contribution is 2.42. The van der Waals surface area contributed by atoms with Gasteiger partial charge in [-0.25, -0.2) is 0 Å².